The van der Waals surface area contributed by atoms with Crippen LogP contribution < -0.4 is 10.2 Å². The van der Waals surface area contributed by atoms with Gasteiger partial charge in [0.1, 0.15) is 11.4 Å². The number of rotatable bonds is 1. The summed E-state index contributed by atoms with van der Waals surface area (Å²) in [5, 5.41) is 0. The Balaban J connectivity index is 2.02. The number of carbonyl (C=O) groups is 1. The summed E-state index contributed by atoms with van der Waals surface area (Å²) < 4.78 is 18.3. The summed E-state index contributed by atoms with van der Waals surface area (Å²) in [7, 11) is -0.450. The van der Waals surface area contributed by atoms with Crippen LogP contribution >= 0.6 is 0 Å². The van der Waals surface area contributed by atoms with E-state index in [1.54, 1.807) is 0 Å². The van der Waals surface area contributed by atoms with E-state index in [0.717, 1.165) is 11.0 Å². The standard InChI is InChI=1S/C18H25BO4/c1-11-8-12-14(20)10-16(2,3)21-15(12)9-13(11)19-22-17(4,5)18(6,7)23-19/h8-9H,10H2,1-7H3. The van der Waals surface area contributed by atoms with Crippen LogP contribution in [-0.2, 0) is 9.31 Å². The summed E-state index contributed by atoms with van der Waals surface area (Å²) >= 11 is 0. The number of benzene rings is 1. The number of ketones is 1. The van der Waals surface area contributed by atoms with Gasteiger partial charge in [0.05, 0.1) is 23.2 Å². The first-order valence-electron chi connectivity index (χ1n) is 8.14. The predicted octanol–water partition coefficient (Wildman–Crippen LogP) is 3.04. The Hall–Kier alpha value is -1.33. The Kier molecular flexibility index (Phi) is 3.48. The normalized spacial score (nSPS) is 24.3. The molecule has 2 aliphatic heterocycles. The summed E-state index contributed by atoms with van der Waals surface area (Å²) in [5.41, 5.74) is 1.30. The van der Waals surface area contributed by atoms with E-state index in [9.17, 15) is 4.79 Å². The molecule has 1 aromatic rings. The molecular weight excluding hydrogens is 291 g/mol. The van der Waals surface area contributed by atoms with E-state index >= 15 is 0 Å². The molecule has 1 aromatic carbocycles. The minimum atomic E-state index is -0.480. The quantitative estimate of drug-likeness (QED) is 0.747. The molecule has 0 radical (unpaired) electrons. The van der Waals surface area contributed by atoms with Gasteiger partial charge in [0, 0.05) is 0 Å². The van der Waals surface area contributed by atoms with Gasteiger partial charge in [0.15, 0.2) is 5.78 Å². The number of hydrogen-bond acceptors (Lipinski definition) is 4. The molecular formula is C18H25BO4. The molecule has 0 aromatic heterocycles. The van der Waals surface area contributed by atoms with Crippen LogP contribution in [0.25, 0.3) is 0 Å². The van der Waals surface area contributed by atoms with Crippen LogP contribution in [0, 0.1) is 6.92 Å². The summed E-state index contributed by atoms with van der Waals surface area (Å²) in [5.74, 6) is 0.751. The Morgan fingerprint density at radius 2 is 1.57 bits per heavy atom. The highest BCUT2D eigenvalue weighted by molar-refractivity contribution is 6.62. The molecule has 2 aliphatic rings. The molecule has 0 unspecified atom stereocenters. The zero-order valence-electron chi connectivity index (χ0n) is 15.1. The van der Waals surface area contributed by atoms with E-state index in [-0.39, 0.29) is 5.78 Å². The van der Waals surface area contributed by atoms with Crippen LogP contribution in [0.4, 0.5) is 0 Å². The lowest BCUT2D eigenvalue weighted by atomic mass is 9.74. The van der Waals surface area contributed by atoms with Gasteiger partial charge >= 0.3 is 7.12 Å². The van der Waals surface area contributed by atoms with Crippen molar-refractivity contribution in [1.82, 2.24) is 0 Å². The number of Topliss-reactive ketones (excluding diaryl/α,β-unsaturated/α-hetero) is 1. The maximum atomic E-state index is 12.3. The van der Waals surface area contributed by atoms with E-state index in [0.29, 0.717) is 17.7 Å². The molecule has 3 rings (SSSR count). The zero-order valence-corrected chi connectivity index (χ0v) is 15.1. The Bertz CT molecular complexity index is 660. The van der Waals surface area contributed by atoms with Gasteiger partial charge in [0.2, 0.25) is 0 Å². The van der Waals surface area contributed by atoms with Crippen molar-refractivity contribution < 1.29 is 18.8 Å². The Labute approximate surface area is 138 Å². The van der Waals surface area contributed by atoms with Gasteiger partial charge in [-0.1, -0.05) is 5.56 Å². The van der Waals surface area contributed by atoms with Gasteiger partial charge in [-0.2, -0.15) is 0 Å². The summed E-state index contributed by atoms with van der Waals surface area (Å²) in [6.07, 6.45) is 0.398. The SMILES string of the molecule is Cc1cc2c(cc1B1OC(C)(C)C(C)(C)O1)OC(C)(C)CC2=O. The van der Waals surface area contributed by atoms with Crippen molar-refractivity contribution >= 4 is 18.4 Å². The van der Waals surface area contributed by atoms with Crippen molar-refractivity contribution in [2.75, 3.05) is 0 Å². The van der Waals surface area contributed by atoms with Crippen molar-refractivity contribution in [2.24, 2.45) is 0 Å². The van der Waals surface area contributed by atoms with Gasteiger partial charge in [-0.25, -0.2) is 0 Å². The van der Waals surface area contributed by atoms with Crippen molar-refractivity contribution in [3.05, 3.63) is 23.3 Å². The predicted molar refractivity (Wildman–Crippen MR) is 90.5 cm³/mol. The van der Waals surface area contributed by atoms with E-state index < -0.39 is 23.9 Å². The zero-order chi connectivity index (χ0) is 17.2. The minimum absolute atomic E-state index is 0.125. The fraction of sp³-hybridized carbons (Fsp3) is 0.611. The van der Waals surface area contributed by atoms with Crippen molar-refractivity contribution in [3.63, 3.8) is 0 Å². The van der Waals surface area contributed by atoms with Crippen LogP contribution in [0.5, 0.6) is 5.75 Å². The van der Waals surface area contributed by atoms with Gasteiger partial charge in [-0.05, 0) is 66.1 Å². The largest absolute Gasteiger partial charge is 0.495 e. The van der Waals surface area contributed by atoms with Crippen molar-refractivity contribution in [1.29, 1.82) is 0 Å². The molecule has 0 bridgehead atoms. The molecule has 0 aliphatic carbocycles. The third kappa shape index (κ3) is 2.70. The fourth-order valence-electron chi connectivity index (χ4n) is 3.05. The van der Waals surface area contributed by atoms with Crippen LogP contribution in [0.2, 0.25) is 0 Å². The molecule has 0 amide bonds. The molecule has 4 nitrogen and oxygen atoms in total. The molecule has 0 spiro atoms. The molecule has 1 saturated heterocycles. The first kappa shape index (κ1) is 16.5. The lowest BCUT2D eigenvalue weighted by Gasteiger charge is -2.32. The average Bonchev–Trinajstić information content (AvgIpc) is 2.57. The Morgan fingerprint density at radius 3 is 2.13 bits per heavy atom. The average molecular weight is 316 g/mol. The van der Waals surface area contributed by atoms with E-state index in [1.807, 2.05) is 60.6 Å². The minimum Gasteiger partial charge on any atom is -0.487 e. The van der Waals surface area contributed by atoms with Crippen LogP contribution in [0.3, 0.4) is 0 Å². The van der Waals surface area contributed by atoms with Gasteiger partial charge in [-0.15, -0.1) is 0 Å². The van der Waals surface area contributed by atoms with Crippen LogP contribution in [0.15, 0.2) is 12.1 Å². The molecule has 2 heterocycles. The van der Waals surface area contributed by atoms with Crippen LogP contribution in [0.1, 0.15) is 63.9 Å². The number of fused-ring (bicyclic) bond motifs is 1. The van der Waals surface area contributed by atoms with E-state index in [4.69, 9.17) is 14.0 Å². The van der Waals surface area contributed by atoms with Crippen molar-refractivity contribution in [3.8, 4) is 5.75 Å². The second kappa shape index (κ2) is 4.84. The molecule has 23 heavy (non-hydrogen) atoms. The fourth-order valence-corrected chi connectivity index (χ4v) is 3.05. The highest BCUT2D eigenvalue weighted by atomic mass is 16.7. The van der Waals surface area contributed by atoms with Gasteiger partial charge in [-0.3, -0.25) is 4.79 Å². The molecule has 0 atom stereocenters. The van der Waals surface area contributed by atoms with E-state index in [2.05, 4.69) is 0 Å². The van der Waals surface area contributed by atoms with Gasteiger partial charge in [0.25, 0.3) is 0 Å². The Morgan fingerprint density at radius 1 is 1.00 bits per heavy atom. The highest BCUT2D eigenvalue weighted by Crippen LogP contribution is 2.38. The number of carbonyl (C=O) groups excluding carboxylic acids is 1. The maximum absolute atomic E-state index is 12.3. The third-order valence-electron chi connectivity index (χ3n) is 5.15. The molecule has 124 valence electrons. The lowest BCUT2D eigenvalue weighted by Crippen LogP contribution is -2.41. The second-order valence-electron chi connectivity index (χ2n) is 8.25. The molecule has 0 saturated carbocycles. The third-order valence-corrected chi connectivity index (χ3v) is 5.15. The molecule has 0 N–H and O–H groups in total. The van der Waals surface area contributed by atoms with Crippen LogP contribution in [-0.4, -0.2) is 29.7 Å². The van der Waals surface area contributed by atoms with Gasteiger partial charge < -0.3 is 14.0 Å². The lowest BCUT2D eigenvalue weighted by molar-refractivity contribution is 0.00578. The number of hydrogen-bond donors (Lipinski definition) is 0. The highest BCUT2D eigenvalue weighted by Gasteiger charge is 2.52. The number of ether oxygens (including phenoxy) is 1. The smallest absolute Gasteiger partial charge is 0.487 e. The van der Waals surface area contributed by atoms with E-state index in [1.165, 1.54) is 0 Å². The maximum Gasteiger partial charge on any atom is 0.495 e. The monoisotopic (exact) mass is 316 g/mol. The summed E-state index contributed by atoms with van der Waals surface area (Å²) in [6, 6.07) is 3.80. The molecule has 1 fully saturated rings. The summed E-state index contributed by atoms with van der Waals surface area (Å²) in [6.45, 7) is 14.0. The first-order chi connectivity index (χ1) is 10.4. The molecule has 5 heteroatoms. The number of aryl methyl sites for hydroxylation is 1. The second-order valence-corrected chi connectivity index (χ2v) is 8.25. The van der Waals surface area contributed by atoms with Crippen molar-refractivity contribution in [2.45, 2.75) is 71.7 Å². The first-order valence-corrected chi connectivity index (χ1v) is 8.14. The topological polar surface area (TPSA) is 44.8 Å². The summed E-state index contributed by atoms with van der Waals surface area (Å²) in [4.78, 5) is 12.3.